The van der Waals surface area contributed by atoms with Gasteiger partial charge in [0.15, 0.2) is 0 Å². The molecule has 0 aliphatic carbocycles. The number of alkyl halides is 5. The van der Waals surface area contributed by atoms with Gasteiger partial charge >= 0.3 is 0 Å². The minimum atomic E-state index is -1.79. The zero-order chi connectivity index (χ0) is 9.23. The smallest absolute Gasteiger partial charge is 0.241 e. The lowest BCUT2D eigenvalue weighted by Gasteiger charge is -2.19. The summed E-state index contributed by atoms with van der Waals surface area (Å²) in [5.41, 5.74) is 0. The Bertz CT molecular complexity index is 151. The number of hydrogen-bond donors (Lipinski definition) is 0. The van der Waals surface area contributed by atoms with Crippen molar-refractivity contribution >= 4 is 74.8 Å². The van der Waals surface area contributed by atoms with Crippen molar-refractivity contribution in [3.05, 3.63) is 0 Å². The van der Waals surface area contributed by atoms with E-state index in [1.54, 1.807) is 0 Å². The number of carbonyl (C=O) groups excluding carboxylic acids is 1. The van der Waals surface area contributed by atoms with E-state index in [0.29, 0.717) is 0 Å². The average molecular weight is 279 g/mol. The Hall–Kier alpha value is 1.41. The third-order valence-electron chi connectivity index (χ3n) is 0.786. The van der Waals surface area contributed by atoms with E-state index in [4.69, 9.17) is 69.6 Å². The molecule has 0 rings (SSSR count). The van der Waals surface area contributed by atoms with Gasteiger partial charge in [0, 0.05) is 0 Å². The third-order valence-corrected chi connectivity index (χ3v) is 3.33. The van der Waals surface area contributed by atoms with Gasteiger partial charge in [0.05, 0.1) is 0 Å². The van der Waals surface area contributed by atoms with E-state index in [9.17, 15) is 4.79 Å². The van der Waals surface area contributed by atoms with Crippen molar-refractivity contribution in [1.29, 1.82) is 0 Å². The summed E-state index contributed by atoms with van der Waals surface area (Å²) >= 11 is 31.8. The second-order valence-electron chi connectivity index (χ2n) is 1.65. The summed E-state index contributed by atoms with van der Waals surface area (Å²) in [5, 5.41) is -3.19. The molecule has 0 heterocycles. The van der Waals surface area contributed by atoms with Crippen LogP contribution >= 0.6 is 69.6 Å². The number of rotatable bonds is 2. The molecule has 2 atom stereocenters. The lowest BCUT2D eigenvalue weighted by atomic mass is 10.3. The Morgan fingerprint density at radius 2 is 1.55 bits per heavy atom. The highest BCUT2D eigenvalue weighted by molar-refractivity contribution is 6.74. The Balaban J connectivity index is 4.25. The molecule has 0 aromatic rings. The standard InChI is InChI=1S/C4H2Cl6O/c5-1(3(7)11)2(6)4(8,9)10/h1-2H. The molecule has 0 saturated carbocycles. The van der Waals surface area contributed by atoms with Gasteiger partial charge in [0.2, 0.25) is 9.03 Å². The van der Waals surface area contributed by atoms with Gasteiger partial charge in [-0.2, -0.15) is 0 Å². The average Bonchev–Trinajstić information content (AvgIpc) is 1.82. The van der Waals surface area contributed by atoms with E-state index in [2.05, 4.69) is 0 Å². The van der Waals surface area contributed by atoms with Crippen molar-refractivity contribution in [1.82, 2.24) is 0 Å². The van der Waals surface area contributed by atoms with Crippen molar-refractivity contribution in [3.63, 3.8) is 0 Å². The number of carbonyl (C=O) groups is 1. The first-order chi connectivity index (χ1) is 4.76. The van der Waals surface area contributed by atoms with Gasteiger partial charge in [0.1, 0.15) is 10.8 Å². The molecule has 0 saturated heterocycles. The topological polar surface area (TPSA) is 17.1 Å². The quantitative estimate of drug-likeness (QED) is 0.559. The first-order valence-corrected chi connectivity index (χ1v) is 4.69. The Labute approximate surface area is 93.8 Å². The van der Waals surface area contributed by atoms with Crippen LogP contribution in [-0.2, 0) is 4.79 Å². The van der Waals surface area contributed by atoms with Gasteiger partial charge in [-0.3, -0.25) is 4.79 Å². The van der Waals surface area contributed by atoms with Gasteiger partial charge < -0.3 is 0 Å². The second kappa shape index (κ2) is 4.59. The molecule has 0 radical (unpaired) electrons. The molecule has 1 nitrogen and oxygen atoms in total. The molecular formula is C4H2Cl6O. The molecule has 2 unspecified atom stereocenters. The Kier molecular flexibility index (Phi) is 5.18. The van der Waals surface area contributed by atoms with E-state index >= 15 is 0 Å². The third kappa shape index (κ3) is 4.25. The van der Waals surface area contributed by atoms with Crippen LogP contribution in [0.5, 0.6) is 0 Å². The summed E-state index contributed by atoms with van der Waals surface area (Å²) in [6.45, 7) is 0. The highest BCUT2D eigenvalue weighted by atomic mass is 35.6. The molecule has 11 heavy (non-hydrogen) atoms. The molecule has 0 aromatic heterocycles. The van der Waals surface area contributed by atoms with Crippen LogP contribution in [0.2, 0.25) is 0 Å². The van der Waals surface area contributed by atoms with E-state index in [1.807, 2.05) is 0 Å². The van der Waals surface area contributed by atoms with E-state index in [-0.39, 0.29) is 0 Å². The fraction of sp³-hybridized carbons (Fsp3) is 0.750. The summed E-state index contributed by atoms with van der Waals surface area (Å²) in [5.74, 6) is 0. The molecule has 0 aromatic carbocycles. The molecule has 0 aliphatic rings. The van der Waals surface area contributed by atoms with Crippen molar-refractivity contribution in [3.8, 4) is 0 Å². The van der Waals surface area contributed by atoms with Gasteiger partial charge in [-0.25, -0.2) is 0 Å². The summed E-state index contributed by atoms with van der Waals surface area (Å²) < 4.78 is -1.79. The highest BCUT2D eigenvalue weighted by Crippen LogP contribution is 2.37. The molecule has 0 spiro atoms. The maximum atomic E-state index is 10.4. The maximum Gasteiger partial charge on any atom is 0.241 e. The van der Waals surface area contributed by atoms with Crippen molar-refractivity contribution in [2.75, 3.05) is 0 Å². The zero-order valence-electron chi connectivity index (χ0n) is 4.83. The van der Waals surface area contributed by atoms with Crippen LogP contribution in [0.25, 0.3) is 0 Å². The molecule has 66 valence electrons. The number of hydrogen-bond acceptors (Lipinski definition) is 1. The van der Waals surface area contributed by atoms with Crippen LogP contribution in [-0.4, -0.2) is 19.8 Å². The summed E-state index contributed by atoms with van der Waals surface area (Å²) in [4.78, 5) is 10.4. The van der Waals surface area contributed by atoms with Gasteiger partial charge in [0.25, 0.3) is 0 Å². The SMILES string of the molecule is O=C(Cl)C(Cl)C(Cl)C(Cl)(Cl)Cl. The monoisotopic (exact) mass is 276 g/mol. The van der Waals surface area contributed by atoms with Crippen LogP contribution < -0.4 is 0 Å². The maximum absolute atomic E-state index is 10.4. The molecule has 0 bridgehead atoms. The normalized spacial score (nSPS) is 17.6. The summed E-state index contributed by atoms with van der Waals surface area (Å²) in [7, 11) is 0. The molecular weight excluding hydrogens is 277 g/mol. The minimum absolute atomic E-state index is 0.849. The van der Waals surface area contributed by atoms with Crippen molar-refractivity contribution < 1.29 is 4.79 Å². The van der Waals surface area contributed by atoms with Gasteiger partial charge in [-0.1, -0.05) is 34.8 Å². The van der Waals surface area contributed by atoms with Crippen LogP contribution in [0.4, 0.5) is 0 Å². The van der Waals surface area contributed by atoms with Gasteiger partial charge in [-0.05, 0) is 11.6 Å². The Morgan fingerprint density at radius 1 is 1.18 bits per heavy atom. The van der Waals surface area contributed by atoms with Crippen molar-refractivity contribution in [2.45, 2.75) is 14.5 Å². The summed E-state index contributed by atoms with van der Waals surface area (Å²) in [6.07, 6.45) is 0. The number of halogens is 6. The lowest BCUT2D eigenvalue weighted by molar-refractivity contribution is -0.111. The first kappa shape index (κ1) is 12.4. The van der Waals surface area contributed by atoms with Crippen LogP contribution in [0.15, 0.2) is 0 Å². The second-order valence-corrected chi connectivity index (χ2v) is 5.33. The van der Waals surface area contributed by atoms with Crippen molar-refractivity contribution in [2.24, 2.45) is 0 Å². The van der Waals surface area contributed by atoms with Crippen LogP contribution in [0, 0.1) is 0 Å². The zero-order valence-corrected chi connectivity index (χ0v) is 9.37. The van der Waals surface area contributed by atoms with E-state index < -0.39 is 19.8 Å². The fourth-order valence-electron chi connectivity index (χ4n) is 0.281. The van der Waals surface area contributed by atoms with E-state index in [1.165, 1.54) is 0 Å². The molecule has 0 aliphatic heterocycles. The predicted molar refractivity (Wildman–Crippen MR) is 50.4 cm³/mol. The van der Waals surface area contributed by atoms with Crippen LogP contribution in [0.3, 0.4) is 0 Å². The van der Waals surface area contributed by atoms with Gasteiger partial charge in [-0.15, -0.1) is 23.2 Å². The lowest BCUT2D eigenvalue weighted by Crippen LogP contribution is -2.32. The molecule has 0 fully saturated rings. The first-order valence-electron chi connectivity index (χ1n) is 2.31. The predicted octanol–water partition coefficient (Wildman–Crippen LogP) is 3.34. The largest absolute Gasteiger partial charge is 0.280 e. The minimum Gasteiger partial charge on any atom is -0.280 e. The summed E-state index contributed by atoms with van der Waals surface area (Å²) in [6, 6.07) is 0. The Morgan fingerprint density at radius 3 is 1.64 bits per heavy atom. The molecule has 0 amide bonds. The fourth-order valence-corrected chi connectivity index (χ4v) is 1.35. The van der Waals surface area contributed by atoms with Crippen LogP contribution in [0.1, 0.15) is 0 Å². The highest BCUT2D eigenvalue weighted by Gasteiger charge is 2.39. The molecule has 7 heteroatoms. The van der Waals surface area contributed by atoms with E-state index in [0.717, 1.165) is 0 Å². The molecule has 0 N–H and O–H groups in total.